The average Bonchev–Trinajstić information content (AvgIpc) is 2.63. The molecule has 0 aliphatic carbocycles. The summed E-state index contributed by atoms with van der Waals surface area (Å²) >= 11 is 6.27. The molecule has 0 bridgehead atoms. The van der Waals surface area contributed by atoms with Gasteiger partial charge in [0.05, 0.1) is 14.2 Å². The summed E-state index contributed by atoms with van der Waals surface area (Å²) in [7, 11) is 5.25. The fourth-order valence-corrected chi connectivity index (χ4v) is 3.26. The van der Waals surface area contributed by atoms with Crippen molar-refractivity contribution >= 4 is 22.6 Å². The summed E-state index contributed by atoms with van der Waals surface area (Å²) in [5.41, 5.74) is 2.96. The van der Waals surface area contributed by atoms with Gasteiger partial charge in [-0.15, -0.1) is 0 Å². The number of hydrogen-bond donors (Lipinski definition) is 0. The highest BCUT2D eigenvalue weighted by atomic mass is 35.5. The van der Waals surface area contributed by atoms with E-state index in [1.54, 1.807) is 20.3 Å². The lowest BCUT2D eigenvalue weighted by molar-refractivity contribution is 0.309. The van der Waals surface area contributed by atoms with Crippen molar-refractivity contribution < 1.29 is 13.9 Å². The van der Waals surface area contributed by atoms with Crippen molar-refractivity contribution in [2.75, 3.05) is 21.3 Å². The Hall–Kier alpha value is -2.50. The van der Waals surface area contributed by atoms with Crippen LogP contribution in [0.15, 0.2) is 45.6 Å². The quantitative estimate of drug-likeness (QED) is 0.586. The van der Waals surface area contributed by atoms with E-state index in [4.69, 9.17) is 25.5 Å². The molecular weight excluding hydrogens is 366 g/mol. The van der Waals surface area contributed by atoms with E-state index in [1.165, 1.54) is 6.07 Å². The molecule has 27 heavy (non-hydrogen) atoms. The maximum absolute atomic E-state index is 12.0. The number of halogens is 1. The summed E-state index contributed by atoms with van der Waals surface area (Å²) < 4.78 is 16.0. The van der Waals surface area contributed by atoms with E-state index >= 15 is 0 Å². The Labute approximate surface area is 163 Å². The van der Waals surface area contributed by atoms with Gasteiger partial charge in [0, 0.05) is 41.2 Å². The number of benzene rings is 2. The molecule has 0 radical (unpaired) electrons. The summed E-state index contributed by atoms with van der Waals surface area (Å²) in [6.07, 6.45) is 0. The zero-order valence-corrected chi connectivity index (χ0v) is 16.6. The third kappa shape index (κ3) is 4.26. The predicted octanol–water partition coefficient (Wildman–Crippen LogP) is 4.40. The van der Waals surface area contributed by atoms with Gasteiger partial charge in [-0.3, -0.25) is 4.90 Å². The molecule has 0 fully saturated rings. The topological polar surface area (TPSA) is 51.9 Å². The van der Waals surface area contributed by atoms with Crippen LogP contribution in [0.1, 0.15) is 16.7 Å². The highest BCUT2D eigenvalue weighted by molar-refractivity contribution is 6.32. The minimum atomic E-state index is -0.366. The first-order valence-electron chi connectivity index (χ1n) is 8.53. The third-order valence-corrected chi connectivity index (χ3v) is 4.89. The van der Waals surface area contributed by atoms with Gasteiger partial charge in [0.1, 0.15) is 17.1 Å². The summed E-state index contributed by atoms with van der Waals surface area (Å²) in [4.78, 5) is 14.1. The third-order valence-electron chi connectivity index (χ3n) is 4.48. The van der Waals surface area contributed by atoms with Crippen LogP contribution in [0.4, 0.5) is 0 Å². The van der Waals surface area contributed by atoms with Gasteiger partial charge in [-0.2, -0.15) is 0 Å². The fraction of sp³-hybridized carbons (Fsp3) is 0.286. The molecule has 0 atom stereocenters. The average molecular weight is 388 g/mol. The van der Waals surface area contributed by atoms with Gasteiger partial charge in [0.25, 0.3) is 0 Å². The summed E-state index contributed by atoms with van der Waals surface area (Å²) in [6.45, 7) is 3.10. The molecule has 1 heterocycles. The van der Waals surface area contributed by atoms with Crippen molar-refractivity contribution in [2.45, 2.75) is 20.0 Å². The SMILES string of the molecule is COc1ccc(CN(C)Cc2cc(=O)oc3cc(C)c(Cl)cc23)c(OC)c1. The van der Waals surface area contributed by atoms with Gasteiger partial charge >= 0.3 is 5.63 Å². The van der Waals surface area contributed by atoms with E-state index in [-0.39, 0.29) is 5.63 Å². The molecule has 0 saturated carbocycles. The molecule has 0 spiro atoms. The normalized spacial score (nSPS) is 11.2. The van der Waals surface area contributed by atoms with E-state index in [1.807, 2.05) is 38.2 Å². The van der Waals surface area contributed by atoms with Crippen LogP contribution in [-0.2, 0) is 13.1 Å². The van der Waals surface area contributed by atoms with Crippen molar-refractivity contribution in [1.82, 2.24) is 4.90 Å². The Morgan fingerprint density at radius 2 is 1.78 bits per heavy atom. The molecule has 6 heteroatoms. The van der Waals surface area contributed by atoms with Gasteiger partial charge in [0.15, 0.2) is 0 Å². The van der Waals surface area contributed by atoms with E-state index in [0.717, 1.165) is 33.6 Å². The maximum Gasteiger partial charge on any atom is 0.336 e. The van der Waals surface area contributed by atoms with Gasteiger partial charge in [-0.1, -0.05) is 17.7 Å². The number of methoxy groups -OCH3 is 2. The molecule has 142 valence electrons. The fourth-order valence-electron chi connectivity index (χ4n) is 3.10. The van der Waals surface area contributed by atoms with Crippen molar-refractivity contribution in [3.63, 3.8) is 0 Å². The molecule has 0 saturated heterocycles. The maximum atomic E-state index is 12.0. The minimum Gasteiger partial charge on any atom is -0.497 e. The molecule has 0 aliphatic rings. The van der Waals surface area contributed by atoms with Gasteiger partial charge < -0.3 is 13.9 Å². The van der Waals surface area contributed by atoms with Crippen molar-refractivity contribution in [3.05, 3.63) is 68.5 Å². The molecule has 3 rings (SSSR count). The highest BCUT2D eigenvalue weighted by Gasteiger charge is 2.13. The van der Waals surface area contributed by atoms with Crippen LogP contribution in [-0.4, -0.2) is 26.2 Å². The van der Waals surface area contributed by atoms with Crippen LogP contribution in [0.2, 0.25) is 5.02 Å². The molecular formula is C21H22ClNO4. The van der Waals surface area contributed by atoms with E-state index in [0.29, 0.717) is 23.7 Å². The predicted molar refractivity (Wildman–Crippen MR) is 107 cm³/mol. The lowest BCUT2D eigenvalue weighted by atomic mass is 10.1. The molecule has 5 nitrogen and oxygen atoms in total. The first kappa shape index (κ1) is 19.3. The van der Waals surface area contributed by atoms with Gasteiger partial charge in [0.2, 0.25) is 0 Å². The van der Waals surface area contributed by atoms with Crippen LogP contribution in [0.25, 0.3) is 11.0 Å². The van der Waals surface area contributed by atoms with Gasteiger partial charge in [-0.05, 0) is 43.3 Å². The molecule has 0 N–H and O–H groups in total. The lowest BCUT2D eigenvalue weighted by Gasteiger charge is -2.19. The number of ether oxygens (including phenoxy) is 2. The Bertz CT molecular complexity index is 1030. The summed E-state index contributed by atoms with van der Waals surface area (Å²) in [5, 5.41) is 1.50. The van der Waals surface area contributed by atoms with E-state index < -0.39 is 0 Å². The Morgan fingerprint density at radius 1 is 1.04 bits per heavy atom. The van der Waals surface area contributed by atoms with Gasteiger partial charge in [-0.25, -0.2) is 4.79 Å². The van der Waals surface area contributed by atoms with Crippen molar-refractivity contribution in [2.24, 2.45) is 0 Å². The number of nitrogens with zero attached hydrogens (tertiary/aromatic N) is 1. The van der Waals surface area contributed by atoms with E-state index in [2.05, 4.69) is 4.90 Å². The molecule has 3 aromatic rings. The van der Waals surface area contributed by atoms with Crippen LogP contribution >= 0.6 is 11.6 Å². The Morgan fingerprint density at radius 3 is 2.48 bits per heavy atom. The van der Waals surface area contributed by atoms with Crippen molar-refractivity contribution in [3.8, 4) is 11.5 Å². The monoisotopic (exact) mass is 387 g/mol. The molecule has 0 aliphatic heterocycles. The molecule has 2 aromatic carbocycles. The summed E-state index contributed by atoms with van der Waals surface area (Å²) in [5.74, 6) is 1.51. The number of fused-ring (bicyclic) bond motifs is 1. The number of aryl methyl sites for hydroxylation is 1. The minimum absolute atomic E-state index is 0.366. The summed E-state index contributed by atoms with van der Waals surface area (Å²) in [6, 6.07) is 10.9. The van der Waals surface area contributed by atoms with E-state index in [9.17, 15) is 4.79 Å². The van der Waals surface area contributed by atoms with Crippen molar-refractivity contribution in [1.29, 1.82) is 0 Å². The highest BCUT2D eigenvalue weighted by Crippen LogP contribution is 2.28. The Balaban J connectivity index is 1.89. The van der Waals surface area contributed by atoms with Crippen LogP contribution in [0.5, 0.6) is 11.5 Å². The second kappa shape index (κ2) is 8.03. The van der Waals surface area contributed by atoms with Crippen LogP contribution in [0.3, 0.4) is 0 Å². The first-order valence-corrected chi connectivity index (χ1v) is 8.91. The van der Waals surface area contributed by atoms with Crippen LogP contribution in [0, 0.1) is 6.92 Å². The second-order valence-corrected chi connectivity index (χ2v) is 6.95. The van der Waals surface area contributed by atoms with Crippen LogP contribution < -0.4 is 15.1 Å². The second-order valence-electron chi connectivity index (χ2n) is 6.54. The number of rotatable bonds is 6. The molecule has 0 unspecified atom stereocenters. The number of hydrogen-bond acceptors (Lipinski definition) is 5. The smallest absolute Gasteiger partial charge is 0.336 e. The lowest BCUT2D eigenvalue weighted by Crippen LogP contribution is -2.19. The Kier molecular flexibility index (Phi) is 5.73. The first-order chi connectivity index (χ1) is 12.9. The standard InChI is InChI=1S/C21H22ClNO4/c1-13-7-20-17(10-18(13)22)15(8-21(24)27-20)12-23(2)11-14-5-6-16(25-3)9-19(14)26-4/h5-10H,11-12H2,1-4H3. The zero-order chi connectivity index (χ0) is 19.6. The molecule has 1 aromatic heterocycles. The largest absolute Gasteiger partial charge is 0.497 e. The molecule has 0 amide bonds. The zero-order valence-electron chi connectivity index (χ0n) is 15.8.